The summed E-state index contributed by atoms with van der Waals surface area (Å²) in [6.07, 6.45) is 1.97. The van der Waals surface area contributed by atoms with Gasteiger partial charge in [0, 0.05) is 56.4 Å². The molecule has 0 atom stereocenters. The lowest BCUT2D eigenvalue weighted by molar-refractivity contribution is 0.0520. The summed E-state index contributed by atoms with van der Waals surface area (Å²) in [5, 5.41) is 1.52. The van der Waals surface area contributed by atoms with Crippen LogP contribution in [-0.2, 0) is 0 Å². The minimum Gasteiger partial charge on any atom is -0.339 e. The maximum absolute atomic E-state index is 14.5. The van der Waals surface area contributed by atoms with E-state index in [1.165, 1.54) is 6.07 Å². The number of halogens is 2. The summed E-state index contributed by atoms with van der Waals surface area (Å²) in [4.78, 5) is 20.4. The number of likely N-dealkylation sites (N-methyl/N-ethyl adjacent to an activating group) is 1. The van der Waals surface area contributed by atoms with Crippen molar-refractivity contribution in [3.8, 4) is 11.1 Å². The second kappa shape index (κ2) is 9.20. The van der Waals surface area contributed by atoms with Crippen molar-refractivity contribution < 1.29 is 13.6 Å². The van der Waals surface area contributed by atoms with E-state index < -0.39 is 11.6 Å². The van der Waals surface area contributed by atoms with Crippen molar-refractivity contribution in [2.24, 2.45) is 0 Å². The Balaban J connectivity index is 1.38. The molecule has 0 aliphatic carbocycles. The molecule has 0 unspecified atom stereocenters. The van der Waals surface area contributed by atoms with Gasteiger partial charge in [-0.15, -0.1) is 0 Å². The van der Waals surface area contributed by atoms with Gasteiger partial charge in [0.05, 0.1) is 0 Å². The fourth-order valence-electron chi connectivity index (χ4n) is 5.23. The predicted molar refractivity (Wildman–Crippen MR) is 127 cm³/mol. The number of rotatable bonds is 3. The van der Waals surface area contributed by atoms with Gasteiger partial charge in [-0.25, -0.2) is 8.78 Å². The third kappa shape index (κ3) is 4.37. The average molecular weight is 450 g/mol. The topological polar surface area (TPSA) is 26.8 Å². The molecular formula is C27H29F2N3O. The number of nitrogens with zero attached hydrogens (tertiary/aromatic N) is 3. The van der Waals surface area contributed by atoms with E-state index in [2.05, 4.69) is 16.8 Å². The number of fused-ring (bicyclic) bond motifs is 1. The lowest BCUT2D eigenvalue weighted by Crippen LogP contribution is -2.53. The van der Waals surface area contributed by atoms with Crippen LogP contribution in [0.15, 0.2) is 54.6 Å². The molecule has 2 aliphatic heterocycles. The summed E-state index contributed by atoms with van der Waals surface area (Å²) in [5.74, 6) is -0.959. The molecule has 3 aromatic carbocycles. The first-order chi connectivity index (χ1) is 16.0. The molecule has 4 nitrogen and oxygen atoms in total. The molecule has 0 N–H and O–H groups in total. The zero-order valence-corrected chi connectivity index (χ0v) is 18.9. The van der Waals surface area contributed by atoms with Gasteiger partial charge in [0.15, 0.2) is 0 Å². The molecule has 2 heterocycles. The van der Waals surface area contributed by atoms with Crippen molar-refractivity contribution in [2.45, 2.75) is 18.9 Å². The Morgan fingerprint density at radius 3 is 2.27 bits per heavy atom. The van der Waals surface area contributed by atoms with E-state index in [1.54, 1.807) is 12.1 Å². The van der Waals surface area contributed by atoms with Gasteiger partial charge in [0.25, 0.3) is 5.91 Å². The van der Waals surface area contributed by atoms with Crippen LogP contribution >= 0.6 is 0 Å². The summed E-state index contributed by atoms with van der Waals surface area (Å²) in [6, 6.07) is 15.0. The molecule has 0 radical (unpaired) electrons. The molecule has 2 saturated heterocycles. The minimum absolute atomic E-state index is 0.00860. The maximum atomic E-state index is 14.5. The fraction of sp³-hybridized carbons (Fsp3) is 0.370. The van der Waals surface area contributed by atoms with Crippen LogP contribution in [0, 0.1) is 11.6 Å². The second-order valence-electron chi connectivity index (χ2n) is 9.19. The molecule has 0 saturated carbocycles. The van der Waals surface area contributed by atoms with Crippen LogP contribution < -0.4 is 0 Å². The van der Waals surface area contributed by atoms with Crippen LogP contribution in [-0.4, -0.2) is 73.0 Å². The van der Waals surface area contributed by atoms with E-state index in [4.69, 9.17) is 0 Å². The highest BCUT2D eigenvalue weighted by Crippen LogP contribution is 2.33. The number of carbonyl (C=O) groups is 1. The summed E-state index contributed by atoms with van der Waals surface area (Å²) in [6.45, 7) is 5.87. The molecule has 2 aliphatic rings. The number of hydrogen-bond acceptors (Lipinski definition) is 3. The van der Waals surface area contributed by atoms with Crippen LogP contribution in [0.2, 0.25) is 0 Å². The van der Waals surface area contributed by atoms with Crippen molar-refractivity contribution >= 4 is 16.7 Å². The molecule has 1 amide bonds. The van der Waals surface area contributed by atoms with Gasteiger partial charge in [-0.2, -0.15) is 0 Å². The van der Waals surface area contributed by atoms with Crippen molar-refractivity contribution in [1.29, 1.82) is 0 Å². The Hall–Kier alpha value is -2.83. The smallest absolute Gasteiger partial charge is 0.254 e. The lowest BCUT2D eigenvalue weighted by atomic mass is 9.94. The third-order valence-electron chi connectivity index (χ3n) is 7.18. The number of benzene rings is 3. The van der Waals surface area contributed by atoms with Gasteiger partial charge < -0.3 is 9.80 Å². The molecule has 0 spiro atoms. The van der Waals surface area contributed by atoms with E-state index in [1.807, 2.05) is 29.2 Å². The minimum atomic E-state index is -0.487. The Labute approximate surface area is 193 Å². The van der Waals surface area contributed by atoms with Gasteiger partial charge in [-0.05, 0) is 60.5 Å². The summed E-state index contributed by atoms with van der Waals surface area (Å²) in [7, 11) is 2.16. The highest BCUT2D eigenvalue weighted by molar-refractivity contribution is 6.10. The maximum Gasteiger partial charge on any atom is 0.254 e. The quantitative estimate of drug-likeness (QED) is 0.583. The van der Waals surface area contributed by atoms with E-state index in [0.717, 1.165) is 75.0 Å². The molecule has 172 valence electrons. The number of piperazine rings is 1. The summed E-state index contributed by atoms with van der Waals surface area (Å²) < 4.78 is 28.3. The second-order valence-corrected chi connectivity index (χ2v) is 9.19. The number of likely N-dealkylation sites (tertiary alicyclic amines) is 1. The standard InChI is InChI=1S/C27H29F2N3O/c1-30-14-16-31(17-15-30)20-10-12-32(13-11-20)27(33)24-7-3-4-21-22(24)5-2-6-23(21)25-18-19(28)8-9-26(25)29/h2-9,18,20H,10-17H2,1H3. The molecule has 0 bridgehead atoms. The Morgan fingerprint density at radius 1 is 0.818 bits per heavy atom. The van der Waals surface area contributed by atoms with Crippen molar-refractivity contribution in [3.05, 3.63) is 71.8 Å². The SMILES string of the molecule is CN1CCN(C2CCN(C(=O)c3cccc4c(-c5cc(F)ccc5F)cccc34)CC2)CC1. The number of carbonyl (C=O) groups excluding carboxylic acids is 1. The number of hydrogen-bond donors (Lipinski definition) is 0. The summed E-state index contributed by atoms with van der Waals surface area (Å²) in [5.41, 5.74) is 1.41. The van der Waals surface area contributed by atoms with Crippen LogP contribution in [0.1, 0.15) is 23.2 Å². The molecule has 3 aromatic rings. The first-order valence-corrected chi connectivity index (χ1v) is 11.7. The molecule has 33 heavy (non-hydrogen) atoms. The first kappa shape index (κ1) is 22.0. The molecule has 5 rings (SSSR count). The van der Waals surface area contributed by atoms with Gasteiger partial charge in [-0.1, -0.05) is 30.3 Å². The molecule has 6 heteroatoms. The van der Waals surface area contributed by atoms with Crippen molar-refractivity contribution in [3.63, 3.8) is 0 Å². The molecule has 2 fully saturated rings. The van der Waals surface area contributed by atoms with E-state index in [0.29, 0.717) is 17.2 Å². The number of piperidine rings is 1. The lowest BCUT2D eigenvalue weighted by Gasteiger charge is -2.42. The largest absolute Gasteiger partial charge is 0.339 e. The summed E-state index contributed by atoms with van der Waals surface area (Å²) >= 11 is 0. The Kier molecular flexibility index (Phi) is 6.13. The van der Waals surface area contributed by atoms with Crippen molar-refractivity contribution in [2.75, 3.05) is 46.3 Å². The fourth-order valence-corrected chi connectivity index (χ4v) is 5.23. The predicted octanol–water partition coefficient (Wildman–Crippen LogP) is 4.64. The van der Waals surface area contributed by atoms with Gasteiger partial charge in [0.2, 0.25) is 0 Å². The third-order valence-corrected chi connectivity index (χ3v) is 7.18. The van der Waals surface area contributed by atoms with Gasteiger partial charge in [-0.3, -0.25) is 9.69 Å². The van der Waals surface area contributed by atoms with Crippen LogP contribution in [0.4, 0.5) is 8.78 Å². The van der Waals surface area contributed by atoms with E-state index in [-0.39, 0.29) is 11.5 Å². The zero-order chi connectivity index (χ0) is 22.9. The van der Waals surface area contributed by atoms with Gasteiger partial charge >= 0.3 is 0 Å². The highest BCUT2D eigenvalue weighted by atomic mass is 19.1. The number of amides is 1. The Bertz CT molecular complexity index is 1170. The van der Waals surface area contributed by atoms with Crippen molar-refractivity contribution in [1.82, 2.24) is 14.7 Å². The Morgan fingerprint density at radius 2 is 1.52 bits per heavy atom. The monoisotopic (exact) mass is 449 g/mol. The van der Waals surface area contributed by atoms with Crippen LogP contribution in [0.25, 0.3) is 21.9 Å². The highest BCUT2D eigenvalue weighted by Gasteiger charge is 2.29. The van der Waals surface area contributed by atoms with E-state index >= 15 is 0 Å². The first-order valence-electron chi connectivity index (χ1n) is 11.7. The average Bonchev–Trinajstić information content (AvgIpc) is 2.85. The molecular weight excluding hydrogens is 420 g/mol. The van der Waals surface area contributed by atoms with Crippen LogP contribution in [0.5, 0.6) is 0 Å². The zero-order valence-electron chi connectivity index (χ0n) is 18.9. The van der Waals surface area contributed by atoms with Gasteiger partial charge in [0.1, 0.15) is 11.6 Å². The van der Waals surface area contributed by atoms with E-state index in [9.17, 15) is 13.6 Å². The van der Waals surface area contributed by atoms with Crippen LogP contribution in [0.3, 0.4) is 0 Å². The normalized spacial score (nSPS) is 18.7. The molecule has 0 aromatic heterocycles.